The molecular formula is C11H17N3O4. The van der Waals surface area contributed by atoms with Crippen LogP contribution in [0.1, 0.15) is 6.42 Å². The van der Waals surface area contributed by atoms with Gasteiger partial charge in [-0.15, -0.1) is 0 Å². The second kappa shape index (κ2) is 6.77. The number of non-ortho nitro benzene ring substituents is 1. The molecule has 0 bridgehead atoms. The zero-order valence-corrected chi connectivity index (χ0v) is 10.1. The number of rotatable bonds is 7. The molecule has 1 aromatic rings. The Bertz CT molecular complexity index is 411. The van der Waals surface area contributed by atoms with Gasteiger partial charge in [0, 0.05) is 37.2 Å². The van der Waals surface area contributed by atoms with E-state index in [0.717, 1.165) is 0 Å². The zero-order valence-electron chi connectivity index (χ0n) is 10.1. The molecule has 1 aromatic carbocycles. The van der Waals surface area contributed by atoms with E-state index in [1.54, 1.807) is 6.07 Å². The molecule has 100 valence electrons. The van der Waals surface area contributed by atoms with E-state index < -0.39 is 11.0 Å². The maximum absolute atomic E-state index is 10.6. The van der Waals surface area contributed by atoms with Crippen LogP contribution in [0.25, 0.3) is 0 Å². The van der Waals surface area contributed by atoms with Crippen molar-refractivity contribution >= 4 is 17.1 Å². The van der Waals surface area contributed by atoms with Gasteiger partial charge in [-0.25, -0.2) is 0 Å². The molecule has 0 spiro atoms. The number of anilines is 2. The second-order valence-electron chi connectivity index (χ2n) is 3.89. The molecule has 7 nitrogen and oxygen atoms in total. The highest BCUT2D eigenvalue weighted by Gasteiger charge is 2.09. The number of aliphatic hydroxyl groups excluding tert-OH is 1. The Labute approximate surface area is 105 Å². The molecule has 18 heavy (non-hydrogen) atoms. The highest BCUT2D eigenvalue weighted by atomic mass is 16.6. The number of nitrogens with zero attached hydrogens (tertiary/aromatic N) is 1. The van der Waals surface area contributed by atoms with Crippen LogP contribution < -0.4 is 11.1 Å². The number of nitro groups is 1. The van der Waals surface area contributed by atoms with Gasteiger partial charge in [-0.3, -0.25) is 10.1 Å². The molecule has 1 atom stereocenters. The summed E-state index contributed by atoms with van der Waals surface area (Å²) in [6, 6.07) is 4.31. The lowest BCUT2D eigenvalue weighted by Crippen LogP contribution is -2.18. The van der Waals surface area contributed by atoms with E-state index in [4.69, 9.17) is 10.5 Å². The second-order valence-corrected chi connectivity index (χ2v) is 3.89. The predicted molar refractivity (Wildman–Crippen MR) is 68.5 cm³/mol. The van der Waals surface area contributed by atoms with Crippen LogP contribution in [0, 0.1) is 10.1 Å². The summed E-state index contributed by atoms with van der Waals surface area (Å²) >= 11 is 0. The van der Waals surface area contributed by atoms with Gasteiger partial charge in [0.05, 0.1) is 17.6 Å². The smallest absolute Gasteiger partial charge is 0.273 e. The lowest BCUT2D eigenvalue weighted by atomic mass is 10.2. The number of nitrogens with two attached hydrogens (primary N) is 1. The van der Waals surface area contributed by atoms with Crippen LogP contribution in [0.3, 0.4) is 0 Å². The Morgan fingerprint density at radius 1 is 1.56 bits per heavy atom. The molecule has 0 radical (unpaired) electrons. The summed E-state index contributed by atoms with van der Waals surface area (Å²) in [6.45, 7) is 0.740. The van der Waals surface area contributed by atoms with Gasteiger partial charge >= 0.3 is 0 Å². The molecule has 7 heteroatoms. The van der Waals surface area contributed by atoms with E-state index in [9.17, 15) is 15.2 Å². The van der Waals surface area contributed by atoms with E-state index in [0.29, 0.717) is 24.3 Å². The lowest BCUT2D eigenvalue weighted by Gasteiger charge is -2.11. The van der Waals surface area contributed by atoms with Gasteiger partial charge in [0.2, 0.25) is 0 Å². The summed E-state index contributed by atoms with van der Waals surface area (Å²) in [7, 11) is 1.51. The van der Waals surface area contributed by atoms with Crippen LogP contribution in [0.2, 0.25) is 0 Å². The summed E-state index contributed by atoms with van der Waals surface area (Å²) in [5, 5.41) is 23.0. The average Bonchev–Trinajstić information content (AvgIpc) is 2.28. The largest absolute Gasteiger partial charge is 0.398 e. The predicted octanol–water partition coefficient (Wildman–Crippen LogP) is 0.986. The van der Waals surface area contributed by atoms with E-state index in [1.807, 2.05) is 0 Å². The number of methoxy groups -OCH3 is 1. The van der Waals surface area contributed by atoms with Crippen molar-refractivity contribution in [1.82, 2.24) is 0 Å². The zero-order chi connectivity index (χ0) is 13.5. The van der Waals surface area contributed by atoms with Crippen LogP contribution in [0.15, 0.2) is 18.2 Å². The molecule has 0 aromatic heterocycles. The number of ether oxygens (including phenoxy) is 1. The molecule has 0 saturated carbocycles. The highest BCUT2D eigenvalue weighted by molar-refractivity contribution is 5.61. The van der Waals surface area contributed by atoms with Crippen molar-refractivity contribution in [3.63, 3.8) is 0 Å². The van der Waals surface area contributed by atoms with Gasteiger partial charge in [0.1, 0.15) is 0 Å². The van der Waals surface area contributed by atoms with Gasteiger partial charge < -0.3 is 20.9 Å². The minimum absolute atomic E-state index is 0.0602. The number of nitrogen functional groups attached to an aromatic ring is 1. The molecule has 1 unspecified atom stereocenters. The van der Waals surface area contributed by atoms with E-state index in [1.165, 1.54) is 19.2 Å². The molecule has 0 amide bonds. The lowest BCUT2D eigenvalue weighted by molar-refractivity contribution is -0.384. The van der Waals surface area contributed by atoms with Gasteiger partial charge in [-0.1, -0.05) is 0 Å². The molecule has 1 rings (SSSR count). The summed E-state index contributed by atoms with van der Waals surface area (Å²) in [4.78, 5) is 10.1. The molecule has 4 N–H and O–H groups in total. The molecule has 0 heterocycles. The molecule has 0 aliphatic rings. The third-order valence-corrected chi connectivity index (χ3v) is 2.32. The minimum atomic E-state index is -0.557. The first-order chi connectivity index (χ1) is 8.52. The van der Waals surface area contributed by atoms with Crippen molar-refractivity contribution in [2.75, 3.05) is 31.3 Å². The van der Waals surface area contributed by atoms with Crippen molar-refractivity contribution in [3.8, 4) is 0 Å². The summed E-state index contributed by atoms with van der Waals surface area (Å²) in [5.74, 6) is 0. The van der Waals surface area contributed by atoms with Crippen LogP contribution in [-0.2, 0) is 4.74 Å². The highest BCUT2D eigenvalue weighted by Crippen LogP contribution is 2.22. The Hall–Kier alpha value is -1.86. The fourth-order valence-corrected chi connectivity index (χ4v) is 1.50. The fourth-order valence-electron chi connectivity index (χ4n) is 1.50. The van der Waals surface area contributed by atoms with E-state index >= 15 is 0 Å². The maximum Gasteiger partial charge on any atom is 0.273 e. The van der Waals surface area contributed by atoms with E-state index in [-0.39, 0.29) is 12.3 Å². The maximum atomic E-state index is 10.6. The van der Waals surface area contributed by atoms with Crippen LogP contribution in [-0.4, -0.2) is 36.4 Å². The number of nitro benzene ring substituents is 1. The SMILES string of the molecule is COCC(O)CCNc1cc(N)cc([N+](=O)[O-])c1. The van der Waals surface area contributed by atoms with Gasteiger partial charge in [-0.05, 0) is 12.5 Å². The number of hydrogen-bond donors (Lipinski definition) is 3. The number of nitrogens with one attached hydrogen (secondary N) is 1. The average molecular weight is 255 g/mol. The molecule has 0 aliphatic heterocycles. The Balaban J connectivity index is 2.54. The third kappa shape index (κ3) is 4.56. The number of aliphatic hydroxyl groups is 1. The Morgan fingerprint density at radius 2 is 2.28 bits per heavy atom. The molecule has 0 aliphatic carbocycles. The first kappa shape index (κ1) is 14.2. The van der Waals surface area contributed by atoms with Crippen molar-refractivity contribution in [2.45, 2.75) is 12.5 Å². The minimum Gasteiger partial charge on any atom is -0.398 e. The van der Waals surface area contributed by atoms with Gasteiger partial charge in [0.15, 0.2) is 0 Å². The van der Waals surface area contributed by atoms with Gasteiger partial charge in [-0.2, -0.15) is 0 Å². The van der Waals surface area contributed by atoms with Crippen LogP contribution >= 0.6 is 0 Å². The van der Waals surface area contributed by atoms with Crippen molar-refractivity contribution in [3.05, 3.63) is 28.3 Å². The molecule has 0 saturated heterocycles. The summed E-state index contributed by atoms with van der Waals surface area (Å²) in [5.41, 5.74) is 6.39. The monoisotopic (exact) mass is 255 g/mol. The third-order valence-electron chi connectivity index (χ3n) is 2.32. The van der Waals surface area contributed by atoms with E-state index in [2.05, 4.69) is 5.32 Å². The van der Waals surface area contributed by atoms with Crippen molar-refractivity contribution < 1.29 is 14.8 Å². The Morgan fingerprint density at radius 3 is 2.89 bits per heavy atom. The van der Waals surface area contributed by atoms with Crippen molar-refractivity contribution in [1.29, 1.82) is 0 Å². The summed E-state index contributed by atoms with van der Waals surface area (Å²) in [6.07, 6.45) is -0.0743. The first-order valence-corrected chi connectivity index (χ1v) is 5.48. The topological polar surface area (TPSA) is 111 Å². The van der Waals surface area contributed by atoms with Crippen LogP contribution in [0.5, 0.6) is 0 Å². The normalized spacial score (nSPS) is 12.1. The Kier molecular flexibility index (Phi) is 5.34. The fraction of sp³-hybridized carbons (Fsp3) is 0.455. The first-order valence-electron chi connectivity index (χ1n) is 5.48. The summed E-state index contributed by atoms with van der Waals surface area (Å²) < 4.78 is 4.79. The standard InChI is InChI=1S/C11H17N3O4/c1-18-7-11(15)2-3-13-9-4-8(12)5-10(6-9)14(16)17/h4-6,11,13,15H,2-3,7,12H2,1H3. The van der Waals surface area contributed by atoms with Gasteiger partial charge in [0.25, 0.3) is 5.69 Å². The molecule has 0 fully saturated rings. The number of hydrogen-bond acceptors (Lipinski definition) is 6. The molecular weight excluding hydrogens is 238 g/mol. The number of benzene rings is 1. The quantitative estimate of drug-likeness (QED) is 0.380. The van der Waals surface area contributed by atoms with Crippen LogP contribution in [0.4, 0.5) is 17.1 Å². The van der Waals surface area contributed by atoms with Crippen molar-refractivity contribution in [2.24, 2.45) is 0 Å².